The molecular weight excluding hydrogens is 524 g/mol. The van der Waals surface area contributed by atoms with Crippen LogP contribution in [0.2, 0.25) is 0 Å². The van der Waals surface area contributed by atoms with Crippen molar-refractivity contribution in [1.82, 2.24) is 14.5 Å². The largest absolute Gasteiger partial charge is 0.462 e. The molecule has 0 bridgehead atoms. The molecule has 1 aliphatic rings. The van der Waals surface area contributed by atoms with Crippen LogP contribution in [0.25, 0.3) is 16.6 Å². The Morgan fingerprint density at radius 2 is 1.49 bits per heavy atom. The average molecular weight is 565 g/mol. The first kappa shape index (κ1) is 29.9. The number of hydrogen-bond donors (Lipinski definition) is 0. The maximum atomic E-state index is 13.4. The third kappa shape index (κ3) is 6.47. The molecule has 10 nitrogen and oxygen atoms in total. The number of aromatic nitrogens is 2. The summed E-state index contributed by atoms with van der Waals surface area (Å²) in [5.41, 5.74) is 2.54. The van der Waals surface area contributed by atoms with E-state index in [1.54, 1.807) is 23.3 Å². The molecule has 41 heavy (non-hydrogen) atoms. The molecule has 0 saturated carbocycles. The summed E-state index contributed by atoms with van der Waals surface area (Å²) in [4.78, 5) is 43.2. The van der Waals surface area contributed by atoms with E-state index in [0.29, 0.717) is 49.6 Å². The van der Waals surface area contributed by atoms with E-state index in [1.165, 1.54) is 0 Å². The van der Waals surface area contributed by atoms with Gasteiger partial charge in [-0.25, -0.2) is 18.9 Å². The van der Waals surface area contributed by atoms with Crippen LogP contribution in [0.5, 0.6) is 0 Å². The number of carbonyl (C=O) groups excluding carboxylic acids is 3. The molecule has 3 aromatic rings. The smallest absolute Gasteiger partial charge is 0.410 e. The number of carbonyl (C=O) groups is 3. The van der Waals surface area contributed by atoms with Gasteiger partial charge in [0.2, 0.25) is 0 Å². The van der Waals surface area contributed by atoms with Crippen molar-refractivity contribution in [3.63, 3.8) is 0 Å². The van der Waals surface area contributed by atoms with E-state index in [9.17, 15) is 14.4 Å². The summed E-state index contributed by atoms with van der Waals surface area (Å²) in [5, 5.41) is 4.99. The van der Waals surface area contributed by atoms with Crippen molar-refractivity contribution in [1.29, 1.82) is 0 Å². The van der Waals surface area contributed by atoms with E-state index in [1.807, 2.05) is 64.1 Å². The zero-order valence-electron chi connectivity index (χ0n) is 24.9. The summed E-state index contributed by atoms with van der Waals surface area (Å²) in [6, 6.07) is 11.7. The molecule has 3 heterocycles. The van der Waals surface area contributed by atoms with Crippen LogP contribution in [0.3, 0.4) is 0 Å². The number of amides is 1. The Morgan fingerprint density at radius 1 is 0.878 bits per heavy atom. The van der Waals surface area contributed by atoms with Crippen molar-refractivity contribution in [2.45, 2.75) is 60.0 Å². The molecule has 1 aromatic carbocycles. The van der Waals surface area contributed by atoms with Crippen molar-refractivity contribution < 1.29 is 28.6 Å². The van der Waals surface area contributed by atoms with Crippen LogP contribution in [0.1, 0.15) is 74.4 Å². The van der Waals surface area contributed by atoms with Gasteiger partial charge < -0.3 is 24.0 Å². The topological polar surface area (TPSA) is 103 Å². The monoisotopic (exact) mass is 564 g/mol. The van der Waals surface area contributed by atoms with Crippen LogP contribution >= 0.6 is 0 Å². The molecule has 1 aliphatic heterocycles. The second kappa shape index (κ2) is 12.6. The summed E-state index contributed by atoms with van der Waals surface area (Å²) in [7, 11) is 0. The number of aryl methyl sites for hydroxylation is 1. The Kier molecular flexibility index (Phi) is 9.20. The van der Waals surface area contributed by atoms with Crippen molar-refractivity contribution in [3.8, 4) is 11.1 Å². The maximum absolute atomic E-state index is 13.4. The van der Waals surface area contributed by atoms with Crippen LogP contribution < -0.4 is 4.90 Å². The van der Waals surface area contributed by atoms with Gasteiger partial charge in [-0.2, -0.15) is 0 Å². The lowest BCUT2D eigenvalue weighted by Crippen LogP contribution is -2.50. The van der Waals surface area contributed by atoms with Gasteiger partial charge in [-0.05, 0) is 52.7 Å². The third-order valence-electron chi connectivity index (χ3n) is 6.76. The van der Waals surface area contributed by atoms with Crippen molar-refractivity contribution in [2.75, 3.05) is 44.3 Å². The first-order valence-electron chi connectivity index (χ1n) is 14.3. The quantitative estimate of drug-likeness (QED) is 0.266. The van der Waals surface area contributed by atoms with Crippen LogP contribution in [-0.4, -0.2) is 77.5 Å². The molecule has 0 radical (unpaired) electrons. The second-order valence-corrected chi connectivity index (χ2v) is 10.9. The lowest BCUT2D eigenvalue weighted by atomic mass is 10.0. The van der Waals surface area contributed by atoms with Gasteiger partial charge in [0.15, 0.2) is 0 Å². The molecule has 0 spiro atoms. The van der Waals surface area contributed by atoms with Crippen molar-refractivity contribution in [2.24, 2.45) is 0 Å². The van der Waals surface area contributed by atoms with Gasteiger partial charge in [0, 0.05) is 31.7 Å². The molecule has 1 amide bonds. The molecule has 1 fully saturated rings. The molecular formula is C31H40N4O6. The minimum atomic E-state index is -0.590. The Balaban J connectivity index is 1.88. The highest BCUT2D eigenvalue weighted by atomic mass is 16.6. The fourth-order valence-corrected chi connectivity index (χ4v) is 5.03. The standard InChI is InChI=1S/C31H40N4O6/c1-7-13-23-25(28(36)39-8-2)26(29(37)40-9-3)27-22(21-14-11-10-12-15-21)20-24(32-35(23)27)33-16-18-34(19-17-33)30(38)41-31(4,5)6/h10-12,14-15,20H,7-9,13,16-19H2,1-6H3. The van der Waals surface area contributed by atoms with Gasteiger partial charge in [0.05, 0.1) is 30.0 Å². The Morgan fingerprint density at radius 3 is 2.05 bits per heavy atom. The molecule has 2 aromatic heterocycles. The van der Waals surface area contributed by atoms with Gasteiger partial charge >= 0.3 is 18.0 Å². The molecule has 0 N–H and O–H groups in total. The summed E-state index contributed by atoms with van der Waals surface area (Å²) in [6.45, 7) is 13.4. The van der Waals surface area contributed by atoms with E-state index in [4.69, 9.17) is 19.3 Å². The molecule has 10 heteroatoms. The maximum Gasteiger partial charge on any atom is 0.410 e. The SMILES string of the molecule is CCCc1c(C(=O)OCC)c(C(=O)OCC)c2c(-c3ccccc3)cc(N3CCN(C(=O)OC(C)(C)C)CC3)nn12. The van der Waals surface area contributed by atoms with Crippen LogP contribution in [0, 0.1) is 0 Å². The lowest BCUT2D eigenvalue weighted by Gasteiger charge is -2.36. The number of fused-ring (bicyclic) bond motifs is 1. The zero-order valence-corrected chi connectivity index (χ0v) is 24.9. The third-order valence-corrected chi connectivity index (χ3v) is 6.76. The minimum Gasteiger partial charge on any atom is -0.462 e. The van der Waals surface area contributed by atoms with E-state index < -0.39 is 17.5 Å². The first-order valence-corrected chi connectivity index (χ1v) is 14.3. The first-order chi connectivity index (χ1) is 19.6. The summed E-state index contributed by atoms with van der Waals surface area (Å²) in [5.74, 6) is -0.484. The van der Waals surface area contributed by atoms with E-state index in [2.05, 4.69) is 4.90 Å². The van der Waals surface area contributed by atoms with Crippen molar-refractivity contribution >= 4 is 29.4 Å². The highest BCUT2D eigenvalue weighted by molar-refractivity contribution is 6.12. The minimum absolute atomic E-state index is 0.162. The fraction of sp³-hybridized carbons (Fsp3) is 0.484. The molecule has 220 valence electrons. The number of piperazine rings is 1. The normalized spacial score (nSPS) is 13.8. The number of esters is 2. The summed E-state index contributed by atoms with van der Waals surface area (Å²) >= 11 is 0. The lowest BCUT2D eigenvalue weighted by molar-refractivity contribution is 0.0239. The Hall–Kier alpha value is -4.08. The number of benzene rings is 1. The summed E-state index contributed by atoms with van der Waals surface area (Å²) in [6.07, 6.45) is 0.896. The molecule has 0 unspecified atom stereocenters. The van der Waals surface area contributed by atoms with Gasteiger partial charge in [0.25, 0.3) is 0 Å². The number of hydrogen-bond acceptors (Lipinski definition) is 8. The van der Waals surface area contributed by atoms with E-state index >= 15 is 0 Å². The number of ether oxygens (including phenoxy) is 3. The van der Waals surface area contributed by atoms with E-state index in [0.717, 1.165) is 17.5 Å². The molecule has 4 rings (SSSR count). The van der Waals surface area contributed by atoms with Gasteiger partial charge in [0.1, 0.15) is 17.0 Å². The van der Waals surface area contributed by atoms with Gasteiger partial charge in [-0.1, -0.05) is 43.7 Å². The second-order valence-electron chi connectivity index (χ2n) is 10.9. The predicted molar refractivity (Wildman–Crippen MR) is 157 cm³/mol. The van der Waals surface area contributed by atoms with Gasteiger partial charge in [-0.15, -0.1) is 5.10 Å². The zero-order chi connectivity index (χ0) is 29.7. The average Bonchev–Trinajstić information content (AvgIpc) is 3.27. The number of rotatable bonds is 8. The van der Waals surface area contributed by atoms with Crippen LogP contribution in [-0.2, 0) is 20.6 Å². The molecule has 0 atom stereocenters. The van der Waals surface area contributed by atoms with E-state index in [-0.39, 0.29) is 30.4 Å². The number of nitrogens with zero attached hydrogens (tertiary/aromatic N) is 4. The highest BCUT2D eigenvalue weighted by Crippen LogP contribution is 2.36. The fourth-order valence-electron chi connectivity index (χ4n) is 5.03. The van der Waals surface area contributed by atoms with Crippen molar-refractivity contribution in [3.05, 3.63) is 53.2 Å². The molecule has 1 saturated heterocycles. The van der Waals surface area contributed by atoms with Gasteiger partial charge in [-0.3, -0.25) is 0 Å². The summed E-state index contributed by atoms with van der Waals surface area (Å²) < 4.78 is 18.2. The highest BCUT2D eigenvalue weighted by Gasteiger charge is 2.33. The predicted octanol–water partition coefficient (Wildman–Crippen LogP) is 5.36. The number of anilines is 1. The molecule has 0 aliphatic carbocycles. The van der Waals surface area contributed by atoms with Crippen LogP contribution in [0.15, 0.2) is 36.4 Å². The van der Waals surface area contributed by atoms with Crippen LogP contribution in [0.4, 0.5) is 10.6 Å². The Labute approximate surface area is 241 Å². The Bertz CT molecular complexity index is 1400.